The fourth-order valence-electron chi connectivity index (χ4n) is 17.1. The van der Waals surface area contributed by atoms with Crippen molar-refractivity contribution in [1.29, 1.82) is 0 Å². The number of hydrogen-bond acceptors (Lipinski definition) is 8. The van der Waals surface area contributed by atoms with Crippen LogP contribution in [0.1, 0.15) is 125 Å². The van der Waals surface area contributed by atoms with Crippen molar-refractivity contribution in [3.63, 3.8) is 0 Å². The first-order valence-electron chi connectivity index (χ1n) is 37.2. The van der Waals surface area contributed by atoms with Crippen molar-refractivity contribution < 1.29 is 38.0 Å². The number of aliphatic hydroxyl groups is 4. The quantitative estimate of drug-likeness (QED) is 0.0845. The smallest absolute Gasteiger partial charge is 0.132 e. The van der Waals surface area contributed by atoms with Crippen molar-refractivity contribution in [3.8, 4) is 0 Å². The Morgan fingerprint density at radius 2 is 0.752 bits per heavy atom. The average Bonchev–Trinajstić information content (AvgIpc) is 1.61. The molecule has 4 aliphatic heterocycles. The Morgan fingerprint density at radius 1 is 0.413 bits per heavy atom. The predicted octanol–water partition coefficient (Wildman–Crippen LogP) is 19.5. The highest BCUT2D eigenvalue weighted by atomic mass is 35.5. The van der Waals surface area contributed by atoms with Crippen molar-refractivity contribution in [2.75, 3.05) is 54.4 Å². The average molecular weight is 1580 g/mol. The molecule has 8 heterocycles. The van der Waals surface area contributed by atoms with Gasteiger partial charge < -0.3 is 58.3 Å². The number of hydrogen-bond donors (Lipinski definition) is 4. The molecule has 4 aliphatic rings. The molecule has 12 nitrogen and oxygen atoms in total. The second-order valence-corrected chi connectivity index (χ2v) is 33.4. The summed E-state index contributed by atoms with van der Waals surface area (Å²) < 4.78 is 64.6. The Hall–Kier alpha value is -7.23. The van der Waals surface area contributed by atoms with Crippen LogP contribution in [0, 0.1) is 37.1 Å². The lowest BCUT2D eigenvalue weighted by molar-refractivity contribution is 0.00772. The minimum absolute atomic E-state index is 0.0566. The first kappa shape index (κ1) is 79.8. The lowest BCUT2D eigenvalue weighted by Crippen LogP contribution is -2.34. The summed E-state index contributed by atoms with van der Waals surface area (Å²) in [5.74, 6) is -2.05. The number of likely N-dealkylation sites (N-methyl/N-ethyl adjacent to an activating group) is 4. The second-order valence-electron chi connectivity index (χ2n) is 31.3. The fourth-order valence-corrected chi connectivity index (χ4v) is 18.0. The van der Waals surface area contributed by atoms with Gasteiger partial charge in [0.2, 0.25) is 0 Å². The van der Waals surface area contributed by atoms with E-state index in [0.29, 0.717) is 45.7 Å². The number of halogens is 9. The lowest BCUT2D eigenvalue weighted by atomic mass is 9.88. The third-order valence-electron chi connectivity index (χ3n) is 23.0. The molecule has 0 amide bonds. The van der Waals surface area contributed by atoms with Crippen LogP contribution in [0.2, 0.25) is 25.1 Å². The van der Waals surface area contributed by atoms with Crippen molar-refractivity contribution in [3.05, 3.63) is 278 Å². The Balaban J connectivity index is 0.000000128. The molecule has 0 spiro atoms. The predicted molar refractivity (Wildman–Crippen MR) is 436 cm³/mol. The van der Waals surface area contributed by atoms with Crippen molar-refractivity contribution in [2.45, 2.75) is 155 Å². The van der Waals surface area contributed by atoms with Gasteiger partial charge in [0.05, 0.1) is 31.2 Å². The van der Waals surface area contributed by atoms with Gasteiger partial charge >= 0.3 is 0 Å². The molecule has 12 aromatic rings. The first-order valence-corrected chi connectivity index (χ1v) is 39.1. The zero-order chi connectivity index (χ0) is 78.1. The van der Waals surface area contributed by atoms with E-state index in [2.05, 4.69) is 67.6 Å². The minimum Gasteiger partial charge on any atom is -0.384 e. The topological polar surface area (TPSA) is 114 Å². The normalized spacial score (nSPS) is 17.4. The van der Waals surface area contributed by atoms with Crippen LogP contribution in [-0.4, -0.2) is 113 Å². The van der Waals surface area contributed by atoms with Gasteiger partial charge in [-0.1, -0.05) is 95.3 Å². The molecule has 16 rings (SSSR count). The lowest BCUT2D eigenvalue weighted by Gasteiger charge is -2.35. The minimum atomic E-state index is -1.70. The molecule has 8 aromatic carbocycles. The maximum atomic E-state index is 14.6. The van der Waals surface area contributed by atoms with Crippen LogP contribution in [0.5, 0.6) is 0 Å². The van der Waals surface area contributed by atoms with Gasteiger partial charge in [0.25, 0.3) is 0 Å². The molecule has 574 valence electrons. The van der Waals surface area contributed by atoms with Gasteiger partial charge in [-0.2, -0.15) is 0 Å². The van der Waals surface area contributed by atoms with E-state index in [-0.39, 0.29) is 29.8 Å². The van der Waals surface area contributed by atoms with Crippen LogP contribution in [0.25, 0.3) is 43.6 Å². The molecule has 4 N–H and O–H groups in total. The third-order valence-corrected chi connectivity index (χ3v) is 24.2. The zero-order valence-corrected chi connectivity index (χ0v) is 67.4. The second kappa shape index (κ2) is 31.7. The molecule has 0 fully saturated rings. The van der Waals surface area contributed by atoms with Crippen molar-refractivity contribution in [1.82, 2.24) is 37.9 Å². The highest BCUT2D eigenvalue weighted by Crippen LogP contribution is 2.44. The van der Waals surface area contributed by atoms with Crippen molar-refractivity contribution >= 4 is 102 Å². The summed E-state index contributed by atoms with van der Waals surface area (Å²) in [6, 6.07) is 43.9. The van der Waals surface area contributed by atoms with Gasteiger partial charge in [0.1, 0.15) is 45.7 Å². The van der Waals surface area contributed by atoms with E-state index in [1.807, 2.05) is 111 Å². The summed E-state index contributed by atoms with van der Waals surface area (Å²) in [4.78, 5) is 9.16. The Kier molecular flexibility index (Phi) is 23.2. The molecular formula is C88H95Cl5F4N8O4. The molecule has 0 saturated carbocycles. The number of aryl methyl sites for hydroxylation is 2. The Bertz CT molecular complexity index is 5330. The number of nitrogens with zero attached hydrogens (tertiary/aromatic N) is 8. The highest BCUT2D eigenvalue weighted by Gasteiger charge is 2.39. The van der Waals surface area contributed by atoms with E-state index in [0.717, 1.165) is 154 Å². The van der Waals surface area contributed by atoms with E-state index in [1.54, 1.807) is 44.2 Å². The molecule has 109 heavy (non-hydrogen) atoms. The van der Waals surface area contributed by atoms with Gasteiger partial charge in [-0.15, -0.1) is 0 Å². The fraction of sp³-hybridized carbons (Fsp3) is 0.364. The summed E-state index contributed by atoms with van der Waals surface area (Å²) >= 11 is 31.2. The molecule has 0 saturated heterocycles. The van der Waals surface area contributed by atoms with Crippen LogP contribution < -0.4 is 0 Å². The Morgan fingerprint density at radius 3 is 1.16 bits per heavy atom. The number of rotatable bonds is 13. The van der Waals surface area contributed by atoms with Crippen LogP contribution in [0.3, 0.4) is 0 Å². The SMILES string of the molecule is CC(n1c2c(c3cc(Cl)ccc31)CN(C)CC2)C(C)(O)c1ccc(F)cc1.CCC(O)(Cn1c2c(c3cc(Cl)ccc31)CN(C)CC2)c1ccc(F)cc1.Cc1cc(Cl)ccc1C(C)(O)Cn1c2c(c3cc(Cl)ccc31)CN(C)CC2.Cc1cc(F)c(C(C)(O)Cn2c3c(c4cc(Cl)ccc42)CN(C)CC3)c(F)c1. The van der Waals surface area contributed by atoms with E-state index in [4.69, 9.17) is 58.0 Å². The summed E-state index contributed by atoms with van der Waals surface area (Å²) in [5, 5.41) is 53.4. The first-order chi connectivity index (χ1) is 51.6. The van der Waals surface area contributed by atoms with E-state index in [9.17, 15) is 38.0 Å². The van der Waals surface area contributed by atoms with E-state index in [1.165, 1.54) is 82.5 Å². The van der Waals surface area contributed by atoms with E-state index >= 15 is 0 Å². The van der Waals surface area contributed by atoms with Gasteiger partial charge in [-0.25, -0.2) is 17.6 Å². The van der Waals surface area contributed by atoms with Crippen LogP contribution in [0.4, 0.5) is 17.6 Å². The molecule has 5 unspecified atom stereocenters. The number of aromatic nitrogens is 4. The standard InChI is InChI=1S/C22H24Cl2N2O.C22H23ClF2N2O.2C22H24ClFN2O/c1-14-10-15(23)4-6-19(14)22(2,27)13-26-20-7-5-16(24)11-17(20)18-12-25(3)9-8-21(18)26;1-13-8-17(24)21(18(25)9-13)22(2,28)12-27-19-5-4-14(23)10-15(19)16-11-26(3)7-6-20(16)27;1-14(22(2,27)15-4-7-17(24)8-5-15)26-20-9-6-16(23)12-18(20)19-13-25(3)11-10-21(19)26;1-3-22(27,15-4-7-17(24)8-5-15)14-26-20-9-6-16(23)12-18(20)19-13-25(2)11-10-21(19)26/h4-7,10-11,27H,8-9,12-13H2,1-3H3;4-5,8-10,28H,6-7,11-12H2,1-3H3;4-9,12,14,27H,10-11,13H2,1-3H3;4-9,12,27H,3,10-11,13-14H2,1-2H3. The van der Waals surface area contributed by atoms with Gasteiger partial charge in [0, 0.05) is 170 Å². The van der Waals surface area contributed by atoms with Crippen LogP contribution in [0.15, 0.2) is 152 Å². The molecule has 0 radical (unpaired) electrons. The molecule has 5 atom stereocenters. The van der Waals surface area contributed by atoms with Crippen LogP contribution >= 0.6 is 58.0 Å². The third kappa shape index (κ3) is 16.3. The monoisotopic (exact) mass is 1580 g/mol. The zero-order valence-electron chi connectivity index (χ0n) is 63.6. The maximum absolute atomic E-state index is 14.6. The summed E-state index contributed by atoms with van der Waals surface area (Å²) in [7, 11) is 8.44. The van der Waals surface area contributed by atoms with Gasteiger partial charge in [0.15, 0.2) is 0 Å². The number of benzene rings is 8. The summed E-state index contributed by atoms with van der Waals surface area (Å²) in [6.45, 7) is 21.0. The molecule has 0 bridgehead atoms. The maximum Gasteiger partial charge on any atom is 0.132 e. The molecular weight excluding hydrogens is 1490 g/mol. The van der Waals surface area contributed by atoms with Gasteiger partial charge in [-0.3, -0.25) is 0 Å². The summed E-state index contributed by atoms with van der Waals surface area (Å²) in [6.07, 6.45) is 4.16. The highest BCUT2D eigenvalue weighted by molar-refractivity contribution is 6.32. The van der Waals surface area contributed by atoms with Crippen LogP contribution in [-0.2, 0) is 93.9 Å². The number of fused-ring (bicyclic) bond motifs is 12. The largest absolute Gasteiger partial charge is 0.384 e. The molecule has 0 aliphatic carbocycles. The molecule has 21 heteroatoms. The van der Waals surface area contributed by atoms with Gasteiger partial charge in [-0.05, 0) is 248 Å². The Labute approximate surface area is 660 Å². The van der Waals surface area contributed by atoms with Crippen molar-refractivity contribution in [2.24, 2.45) is 0 Å². The summed E-state index contributed by atoms with van der Waals surface area (Å²) in [5.41, 5.74) is 12.8. The molecule has 4 aromatic heterocycles. The van der Waals surface area contributed by atoms with E-state index < -0.39 is 34.0 Å².